The lowest BCUT2D eigenvalue weighted by Gasteiger charge is -2.36. The van der Waals surface area contributed by atoms with Crippen LogP contribution >= 0.6 is 0 Å². The van der Waals surface area contributed by atoms with Gasteiger partial charge in [-0.2, -0.15) is 0 Å². The van der Waals surface area contributed by atoms with Crippen LogP contribution < -0.4 is 5.32 Å². The van der Waals surface area contributed by atoms with Crippen LogP contribution in [-0.2, 0) is 4.74 Å². The summed E-state index contributed by atoms with van der Waals surface area (Å²) >= 11 is 0. The van der Waals surface area contributed by atoms with Gasteiger partial charge >= 0.3 is 6.09 Å². The summed E-state index contributed by atoms with van der Waals surface area (Å²) in [5, 5.41) is 2.64. The minimum Gasteiger partial charge on any atom is -0.450 e. The van der Waals surface area contributed by atoms with Gasteiger partial charge in [0.2, 0.25) is 0 Å². The van der Waals surface area contributed by atoms with Gasteiger partial charge in [-0.3, -0.25) is 14.5 Å². The molecular weight excluding hydrogens is 344 g/mol. The van der Waals surface area contributed by atoms with Gasteiger partial charge in [0, 0.05) is 12.6 Å². The number of benzene rings is 1. The number of hydrogen-bond acceptors (Lipinski definition) is 4. The summed E-state index contributed by atoms with van der Waals surface area (Å²) in [6.45, 7) is 2.72. The minimum atomic E-state index is -0.400. The van der Waals surface area contributed by atoms with Crippen LogP contribution in [-0.4, -0.2) is 42.0 Å². The predicted molar refractivity (Wildman–Crippen MR) is 97.1 cm³/mol. The highest BCUT2D eigenvalue weighted by atomic mass is 16.5. The average Bonchev–Trinajstić information content (AvgIpc) is 3.02. The van der Waals surface area contributed by atoms with Gasteiger partial charge in [0.25, 0.3) is 11.8 Å². The van der Waals surface area contributed by atoms with E-state index < -0.39 is 6.09 Å². The zero-order chi connectivity index (χ0) is 18.8. The number of carbonyl (C=O) groups is 3. The molecule has 3 amide bonds. The van der Waals surface area contributed by atoms with Crippen molar-refractivity contribution in [2.75, 3.05) is 13.2 Å². The van der Waals surface area contributed by atoms with Crippen LogP contribution in [0.2, 0.25) is 0 Å². The molecule has 1 spiro atoms. The Balaban J connectivity index is 1.38. The van der Waals surface area contributed by atoms with Crippen LogP contribution in [0.3, 0.4) is 0 Å². The molecule has 6 nitrogen and oxygen atoms in total. The van der Waals surface area contributed by atoms with E-state index >= 15 is 0 Å². The van der Waals surface area contributed by atoms with Crippen LogP contribution in [0.15, 0.2) is 24.3 Å². The molecule has 1 aromatic carbocycles. The third-order valence-electron chi connectivity index (χ3n) is 7.25. The monoisotopic (exact) mass is 368 g/mol. The summed E-state index contributed by atoms with van der Waals surface area (Å²) < 4.78 is 5.30. The number of imide groups is 1. The van der Waals surface area contributed by atoms with Gasteiger partial charge in [-0.05, 0) is 67.9 Å². The van der Waals surface area contributed by atoms with E-state index in [4.69, 9.17) is 4.74 Å². The highest BCUT2D eigenvalue weighted by Crippen LogP contribution is 2.77. The molecule has 1 aromatic rings. The van der Waals surface area contributed by atoms with E-state index in [1.54, 1.807) is 12.1 Å². The molecule has 1 aliphatic heterocycles. The van der Waals surface area contributed by atoms with Crippen LogP contribution in [0.4, 0.5) is 4.79 Å². The number of hydrogen-bond donors (Lipinski definition) is 1. The molecule has 5 atom stereocenters. The first kappa shape index (κ1) is 16.8. The number of alkyl carbamates (subject to hydrolysis) is 1. The van der Waals surface area contributed by atoms with Crippen molar-refractivity contribution < 1.29 is 19.1 Å². The molecule has 142 valence electrons. The summed E-state index contributed by atoms with van der Waals surface area (Å²) in [6, 6.07) is 7.04. The Labute approximate surface area is 158 Å². The van der Waals surface area contributed by atoms with E-state index in [-0.39, 0.29) is 29.2 Å². The third kappa shape index (κ3) is 2.28. The second-order valence-corrected chi connectivity index (χ2v) is 8.41. The van der Waals surface area contributed by atoms with E-state index in [0.29, 0.717) is 36.6 Å². The van der Waals surface area contributed by atoms with Crippen molar-refractivity contribution in [2.24, 2.45) is 23.2 Å². The molecule has 1 heterocycles. The third-order valence-corrected chi connectivity index (χ3v) is 7.25. The largest absolute Gasteiger partial charge is 0.450 e. The fraction of sp³-hybridized carbons (Fsp3) is 0.571. The summed E-state index contributed by atoms with van der Waals surface area (Å²) in [5.41, 5.74) is 1.30. The number of carbonyl (C=O) groups excluding carboxylic acids is 3. The molecule has 1 N–H and O–H groups in total. The van der Waals surface area contributed by atoms with Crippen molar-refractivity contribution in [1.29, 1.82) is 0 Å². The van der Waals surface area contributed by atoms with Gasteiger partial charge in [-0.25, -0.2) is 4.79 Å². The summed E-state index contributed by atoms with van der Waals surface area (Å²) in [4.78, 5) is 39.2. The Kier molecular flexibility index (Phi) is 3.61. The zero-order valence-electron chi connectivity index (χ0n) is 15.4. The fourth-order valence-electron chi connectivity index (χ4n) is 6.24. The van der Waals surface area contributed by atoms with Gasteiger partial charge < -0.3 is 10.1 Å². The lowest BCUT2D eigenvalue weighted by Crippen LogP contribution is -2.48. The van der Waals surface area contributed by atoms with Crippen molar-refractivity contribution in [1.82, 2.24) is 10.2 Å². The fourth-order valence-corrected chi connectivity index (χ4v) is 6.24. The van der Waals surface area contributed by atoms with Crippen molar-refractivity contribution in [2.45, 2.75) is 38.6 Å². The van der Waals surface area contributed by atoms with Crippen LogP contribution in [0.25, 0.3) is 0 Å². The molecule has 2 bridgehead atoms. The number of nitrogens with zero attached hydrogens (tertiary/aromatic N) is 1. The van der Waals surface area contributed by atoms with E-state index in [1.165, 1.54) is 11.3 Å². The second kappa shape index (κ2) is 5.81. The molecule has 0 saturated heterocycles. The summed E-state index contributed by atoms with van der Waals surface area (Å²) in [7, 11) is 0. The summed E-state index contributed by atoms with van der Waals surface area (Å²) in [6.07, 6.45) is 3.72. The molecule has 6 heteroatoms. The molecule has 27 heavy (non-hydrogen) atoms. The number of nitrogens with one attached hydrogen (secondary N) is 1. The van der Waals surface area contributed by atoms with Crippen LogP contribution in [0.1, 0.15) is 53.3 Å². The Hall–Kier alpha value is -2.37. The maximum atomic E-state index is 13.0. The van der Waals surface area contributed by atoms with Gasteiger partial charge in [0.05, 0.1) is 17.7 Å². The number of rotatable bonds is 5. The van der Waals surface area contributed by atoms with E-state index in [9.17, 15) is 14.4 Å². The lowest BCUT2D eigenvalue weighted by atomic mass is 9.81. The summed E-state index contributed by atoms with van der Waals surface area (Å²) in [5.74, 6) is 1.04. The molecule has 3 aliphatic carbocycles. The standard InChI is InChI=1S/C21H24N2O4/c1-2-22-20(26)27-8-7-16-17(12-9-13-11-21(13,16)10-12)23-18(24)14-5-3-4-6-15(14)19(23)25/h3-6,12-13,16-17H,2,7-11H2,1H3,(H,22,26)/t12?,13?,16?,17-,21?/m0/s1. The highest BCUT2D eigenvalue weighted by molar-refractivity contribution is 6.21. The quantitative estimate of drug-likeness (QED) is 0.811. The molecule has 3 saturated carbocycles. The Bertz CT molecular complexity index is 802. The zero-order valence-corrected chi connectivity index (χ0v) is 15.4. The second-order valence-electron chi connectivity index (χ2n) is 8.41. The maximum Gasteiger partial charge on any atom is 0.407 e. The topological polar surface area (TPSA) is 75.7 Å². The lowest BCUT2D eigenvalue weighted by molar-refractivity contribution is 0.0403. The maximum absolute atomic E-state index is 13.0. The number of ether oxygens (including phenoxy) is 1. The molecular formula is C21H24N2O4. The molecule has 4 aliphatic rings. The predicted octanol–water partition coefficient (Wildman–Crippen LogP) is 2.83. The number of amides is 3. The van der Waals surface area contributed by atoms with E-state index in [2.05, 4.69) is 5.32 Å². The highest BCUT2D eigenvalue weighted by Gasteiger charge is 2.73. The Morgan fingerprint density at radius 1 is 1.22 bits per heavy atom. The molecule has 5 rings (SSSR count). The SMILES string of the molecule is CCNC(=O)OCCC1[C@@H](N2C(=O)c3ccccc3C2=O)C2CC3CC31C2. The first-order valence-corrected chi connectivity index (χ1v) is 9.94. The van der Waals surface area contributed by atoms with Gasteiger partial charge in [0.1, 0.15) is 0 Å². The Morgan fingerprint density at radius 2 is 1.93 bits per heavy atom. The van der Waals surface area contributed by atoms with Crippen molar-refractivity contribution in [3.63, 3.8) is 0 Å². The van der Waals surface area contributed by atoms with Crippen molar-refractivity contribution >= 4 is 17.9 Å². The molecule has 0 radical (unpaired) electrons. The van der Waals surface area contributed by atoms with Crippen LogP contribution in [0.5, 0.6) is 0 Å². The number of fused-ring (bicyclic) bond motifs is 2. The minimum absolute atomic E-state index is 0.0611. The molecule has 0 aromatic heterocycles. The van der Waals surface area contributed by atoms with E-state index in [1.807, 2.05) is 19.1 Å². The van der Waals surface area contributed by atoms with Gasteiger partial charge in [-0.1, -0.05) is 12.1 Å². The first-order valence-electron chi connectivity index (χ1n) is 9.94. The first-order chi connectivity index (χ1) is 13.1. The van der Waals surface area contributed by atoms with Gasteiger partial charge in [-0.15, -0.1) is 0 Å². The van der Waals surface area contributed by atoms with Gasteiger partial charge in [0.15, 0.2) is 0 Å². The van der Waals surface area contributed by atoms with E-state index in [0.717, 1.165) is 18.8 Å². The Morgan fingerprint density at radius 3 is 2.59 bits per heavy atom. The van der Waals surface area contributed by atoms with Crippen LogP contribution in [0, 0.1) is 23.2 Å². The van der Waals surface area contributed by atoms with Crippen molar-refractivity contribution in [3.05, 3.63) is 35.4 Å². The normalized spacial score (nSPS) is 35.2. The molecule has 4 unspecified atom stereocenters. The smallest absolute Gasteiger partial charge is 0.407 e. The average molecular weight is 368 g/mol. The van der Waals surface area contributed by atoms with Crippen molar-refractivity contribution in [3.8, 4) is 0 Å². The molecule has 3 fully saturated rings.